The second-order valence-electron chi connectivity index (χ2n) is 2.15. The molecule has 11 heavy (non-hydrogen) atoms. The molecule has 0 aliphatic rings. The zero-order valence-corrected chi connectivity index (χ0v) is 6.42. The zero-order valence-electron chi connectivity index (χ0n) is 5.66. The summed E-state index contributed by atoms with van der Waals surface area (Å²) in [4.78, 5) is 0. The predicted molar refractivity (Wildman–Crippen MR) is 45.7 cm³/mol. The first-order valence-corrected chi connectivity index (χ1v) is 3.40. The van der Waals surface area contributed by atoms with Crippen molar-refractivity contribution in [2.75, 3.05) is 5.73 Å². The summed E-state index contributed by atoms with van der Waals surface area (Å²) in [7, 11) is -1.56. The van der Waals surface area contributed by atoms with Gasteiger partial charge < -0.3 is 15.8 Å². The molecule has 0 saturated carbocycles. The van der Waals surface area contributed by atoms with Crippen molar-refractivity contribution >= 4 is 29.9 Å². The number of halogens is 1. The smallest absolute Gasteiger partial charge is 0.423 e. The van der Waals surface area contributed by atoms with E-state index in [-0.39, 0.29) is 5.46 Å². The summed E-state index contributed by atoms with van der Waals surface area (Å²) in [5.41, 5.74) is 6.07. The molecule has 0 aliphatic carbocycles. The molecule has 0 spiro atoms. The lowest BCUT2D eigenvalue weighted by Crippen LogP contribution is -2.30. The Morgan fingerprint density at radius 1 is 1.36 bits per heavy atom. The van der Waals surface area contributed by atoms with Crippen molar-refractivity contribution in [2.45, 2.75) is 0 Å². The monoisotopic (exact) mass is 171 g/mol. The van der Waals surface area contributed by atoms with Gasteiger partial charge in [-0.1, -0.05) is 11.6 Å². The average molecular weight is 171 g/mol. The van der Waals surface area contributed by atoms with Gasteiger partial charge in [0.25, 0.3) is 0 Å². The third kappa shape index (κ3) is 1.86. The molecule has 0 aromatic heterocycles. The third-order valence-corrected chi connectivity index (χ3v) is 1.64. The Labute approximate surface area is 69.6 Å². The van der Waals surface area contributed by atoms with Crippen LogP contribution in [0.1, 0.15) is 0 Å². The van der Waals surface area contributed by atoms with Crippen LogP contribution in [-0.4, -0.2) is 17.2 Å². The second kappa shape index (κ2) is 3.13. The molecule has 5 heteroatoms. The Balaban J connectivity index is 3.13. The number of benzene rings is 1. The van der Waals surface area contributed by atoms with Crippen LogP contribution in [0.3, 0.4) is 0 Å². The number of anilines is 1. The fourth-order valence-electron chi connectivity index (χ4n) is 0.760. The molecule has 1 rings (SSSR count). The summed E-state index contributed by atoms with van der Waals surface area (Å²) >= 11 is 5.62. The van der Waals surface area contributed by atoms with Gasteiger partial charge in [-0.05, 0) is 18.2 Å². The van der Waals surface area contributed by atoms with E-state index < -0.39 is 7.12 Å². The van der Waals surface area contributed by atoms with Gasteiger partial charge in [0, 0.05) is 16.2 Å². The van der Waals surface area contributed by atoms with Gasteiger partial charge >= 0.3 is 7.12 Å². The highest BCUT2D eigenvalue weighted by atomic mass is 35.5. The largest absolute Gasteiger partial charge is 0.490 e. The van der Waals surface area contributed by atoms with Crippen LogP contribution in [0, 0.1) is 0 Å². The fraction of sp³-hybridized carbons (Fsp3) is 0. The van der Waals surface area contributed by atoms with E-state index in [0.29, 0.717) is 10.7 Å². The highest BCUT2D eigenvalue weighted by Crippen LogP contribution is 2.08. The van der Waals surface area contributed by atoms with Crippen LogP contribution in [-0.2, 0) is 0 Å². The van der Waals surface area contributed by atoms with Gasteiger partial charge in [-0.2, -0.15) is 0 Å². The van der Waals surface area contributed by atoms with Crippen molar-refractivity contribution in [3.63, 3.8) is 0 Å². The summed E-state index contributed by atoms with van der Waals surface area (Å²) in [6, 6.07) is 4.53. The van der Waals surface area contributed by atoms with Gasteiger partial charge in [-0.3, -0.25) is 0 Å². The molecule has 1 aromatic carbocycles. The molecule has 3 nitrogen and oxygen atoms in total. The highest BCUT2D eigenvalue weighted by molar-refractivity contribution is 6.62. The Morgan fingerprint density at radius 2 is 2.00 bits per heavy atom. The van der Waals surface area contributed by atoms with E-state index in [1.807, 2.05) is 0 Å². The van der Waals surface area contributed by atoms with Crippen LogP contribution in [0.25, 0.3) is 0 Å². The second-order valence-corrected chi connectivity index (χ2v) is 2.56. The zero-order chi connectivity index (χ0) is 8.43. The standard InChI is InChI=1S/C6H7BClNO2/c8-6-2-1-4(9)3-5(6)7(10)11/h1-3,10-11H,9H2. The molecule has 58 valence electrons. The van der Waals surface area contributed by atoms with Crippen molar-refractivity contribution in [3.05, 3.63) is 23.2 Å². The first kappa shape index (κ1) is 8.39. The topological polar surface area (TPSA) is 66.5 Å². The highest BCUT2D eigenvalue weighted by Gasteiger charge is 2.14. The van der Waals surface area contributed by atoms with Gasteiger partial charge in [0.05, 0.1) is 0 Å². The minimum Gasteiger partial charge on any atom is -0.423 e. The summed E-state index contributed by atoms with van der Waals surface area (Å²) in [5, 5.41) is 17.8. The summed E-state index contributed by atoms with van der Waals surface area (Å²) in [5.74, 6) is 0. The molecule has 4 N–H and O–H groups in total. The van der Waals surface area contributed by atoms with Crippen LogP contribution >= 0.6 is 11.6 Å². The van der Waals surface area contributed by atoms with Gasteiger partial charge in [-0.15, -0.1) is 0 Å². The number of nitrogen functional groups attached to an aromatic ring is 1. The van der Waals surface area contributed by atoms with Gasteiger partial charge in [0.2, 0.25) is 0 Å². The quantitative estimate of drug-likeness (QED) is 0.398. The maximum Gasteiger partial charge on any atom is 0.490 e. The van der Waals surface area contributed by atoms with Crippen molar-refractivity contribution in [2.24, 2.45) is 0 Å². The molecule has 0 unspecified atom stereocenters. The normalized spacial score (nSPS) is 9.73. The van der Waals surface area contributed by atoms with Crippen molar-refractivity contribution in [1.29, 1.82) is 0 Å². The lowest BCUT2D eigenvalue weighted by atomic mass is 9.80. The van der Waals surface area contributed by atoms with Crippen molar-refractivity contribution in [3.8, 4) is 0 Å². The van der Waals surface area contributed by atoms with Crippen LogP contribution < -0.4 is 11.2 Å². The summed E-state index contributed by atoms with van der Waals surface area (Å²) in [6.45, 7) is 0. The molecule has 0 bridgehead atoms. The average Bonchev–Trinajstić information content (AvgIpc) is 1.94. The van der Waals surface area contributed by atoms with Crippen molar-refractivity contribution in [1.82, 2.24) is 0 Å². The van der Waals surface area contributed by atoms with Crippen LogP contribution in [0.5, 0.6) is 0 Å². The predicted octanol–water partition coefficient (Wildman–Crippen LogP) is -0.398. The van der Waals surface area contributed by atoms with E-state index in [1.165, 1.54) is 12.1 Å². The minimum absolute atomic E-state index is 0.228. The number of hydrogen-bond donors (Lipinski definition) is 3. The number of hydrogen-bond acceptors (Lipinski definition) is 3. The Kier molecular flexibility index (Phi) is 2.39. The fourth-order valence-corrected chi connectivity index (χ4v) is 0.975. The Hall–Kier alpha value is -0.705. The molecule has 0 radical (unpaired) electrons. The van der Waals surface area contributed by atoms with E-state index >= 15 is 0 Å². The first-order chi connectivity index (χ1) is 5.11. The minimum atomic E-state index is -1.56. The van der Waals surface area contributed by atoms with Crippen LogP contribution in [0.2, 0.25) is 5.02 Å². The molecule has 0 aliphatic heterocycles. The first-order valence-electron chi connectivity index (χ1n) is 3.02. The maximum absolute atomic E-state index is 8.74. The molecule has 0 saturated heterocycles. The lowest BCUT2D eigenvalue weighted by molar-refractivity contribution is 0.426. The molecule has 0 atom stereocenters. The Morgan fingerprint density at radius 3 is 2.45 bits per heavy atom. The molecular formula is C6H7BClNO2. The number of rotatable bonds is 1. The van der Waals surface area contributed by atoms with Crippen molar-refractivity contribution < 1.29 is 10.0 Å². The van der Waals surface area contributed by atoms with E-state index in [2.05, 4.69) is 0 Å². The SMILES string of the molecule is Nc1ccc(Cl)c(B(O)O)c1. The third-order valence-electron chi connectivity index (χ3n) is 1.30. The lowest BCUT2D eigenvalue weighted by Gasteiger charge is -2.02. The Bertz CT molecular complexity index is 267. The van der Waals surface area contributed by atoms with E-state index in [1.54, 1.807) is 6.07 Å². The maximum atomic E-state index is 8.74. The molecule has 1 aromatic rings. The van der Waals surface area contributed by atoms with Crippen LogP contribution in [0.4, 0.5) is 5.69 Å². The van der Waals surface area contributed by atoms with Gasteiger partial charge in [0.1, 0.15) is 0 Å². The molecular weight excluding hydrogens is 164 g/mol. The molecule has 0 fully saturated rings. The van der Waals surface area contributed by atoms with Crippen LogP contribution in [0.15, 0.2) is 18.2 Å². The summed E-state index contributed by atoms with van der Waals surface area (Å²) in [6.07, 6.45) is 0. The van der Waals surface area contributed by atoms with E-state index in [0.717, 1.165) is 0 Å². The molecule has 0 amide bonds. The van der Waals surface area contributed by atoms with E-state index in [4.69, 9.17) is 27.4 Å². The molecule has 0 heterocycles. The van der Waals surface area contributed by atoms with E-state index in [9.17, 15) is 0 Å². The van der Waals surface area contributed by atoms with Gasteiger partial charge in [0.15, 0.2) is 0 Å². The number of nitrogens with two attached hydrogens (primary N) is 1. The summed E-state index contributed by atoms with van der Waals surface area (Å²) < 4.78 is 0. The van der Waals surface area contributed by atoms with Gasteiger partial charge in [-0.25, -0.2) is 0 Å².